The lowest BCUT2D eigenvalue weighted by Crippen LogP contribution is -2.38. The summed E-state index contributed by atoms with van der Waals surface area (Å²) in [5, 5.41) is 6.65. The Morgan fingerprint density at radius 2 is 2.05 bits per heavy atom. The summed E-state index contributed by atoms with van der Waals surface area (Å²) in [5.41, 5.74) is 2.34. The van der Waals surface area contributed by atoms with Crippen molar-refractivity contribution in [3.8, 4) is 0 Å². The first-order valence-electron chi connectivity index (χ1n) is 7.12. The van der Waals surface area contributed by atoms with Crippen molar-refractivity contribution in [3.05, 3.63) is 52.0 Å². The summed E-state index contributed by atoms with van der Waals surface area (Å²) in [6, 6.07) is 10.4. The standard InChI is InChI=1S/C16H22N4S.HI/c1-4-15-19-14(12-21-15)10-18-16(17-2)20(3)11-13-8-6-5-7-9-13;/h5-9,12H,4,10-11H2,1-3H3,(H,17,18);1H. The molecule has 0 fully saturated rings. The van der Waals surface area contributed by atoms with Crippen LogP contribution in [0.5, 0.6) is 0 Å². The second-order valence-electron chi connectivity index (χ2n) is 4.83. The van der Waals surface area contributed by atoms with E-state index in [1.54, 1.807) is 11.3 Å². The van der Waals surface area contributed by atoms with Crippen LogP contribution < -0.4 is 5.32 Å². The highest BCUT2D eigenvalue weighted by Crippen LogP contribution is 2.10. The maximum atomic E-state index is 4.56. The molecule has 0 atom stereocenters. The number of halogens is 1. The number of rotatable bonds is 5. The topological polar surface area (TPSA) is 40.5 Å². The molecule has 0 radical (unpaired) electrons. The molecule has 0 unspecified atom stereocenters. The Balaban J connectivity index is 0.00000242. The fraction of sp³-hybridized carbons (Fsp3) is 0.375. The van der Waals surface area contributed by atoms with Gasteiger partial charge in [-0.05, 0) is 12.0 Å². The number of nitrogens with zero attached hydrogens (tertiary/aromatic N) is 3. The molecule has 2 aromatic rings. The summed E-state index contributed by atoms with van der Waals surface area (Å²) in [4.78, 5) is 11.0. The quantitative estimate of drug-likeness (QED) is 0.448. The summed E-state index contributed by atoms with van der Waals surface area (Å²) in [5.74, 6) is 0.880. The number of hydrogen-bond donors (Lipinski definition) is 1. The molecular formula is C16H23IN4S. The van der Waals surface area contributed by atoms with E-state index in [-0.39, 0.29) is 24.0 Å². The van der Waals surface area contributed by atoms with Crippen molar-refractivity contribution >= 4 is 41.3 Å². The fourth-order valence-corrected chi connectivity index (χ4v) is 2.82. The maximum Gasteiger partial charge on any atom is 0.194 e. The highest BCUT2D eigenvalue weighted by atomic mass is 127. The number of hydrogen-bond acceptors (Lipinski definition) is 3. The minimum atomic E-state index is 0. The van der Waals surface area contributed by atoms with E-state index in [9.17, 15) is 0 Å². The predicted octanol–water partition coefficient (Wildman–Crippen LogP) is 3.53. The summed E-state index contributed by atoms with van der Waals surface area (Å²) >= 11 is 1.72. The van der Waals surface area contributed by atoms with E-state index in [4.69, 9.17) is 0 Å². The molecular weight excluding hydrogens is 407 g/mol. The molecule has 4 nitrogen and oxygen atoms in total. The van der Waals surface area contributed by atoms with E-state index in [0.29, 0.717) is 6.54 Å². The van der Waals surface area contributed by atoms with Gasteiger partial charge in [-0.3, -0.25) is 4.99 Å². The molecule has 0 spiro atoms. The molecule has 0 bridgehead atoms. The van der Waals surface area contributed by atoms with Gasteiger partial charge < -0.3 is 10.2 Å². The molecule has 6 heteroatoms. The second kappa shape index (κ2) is 9.78. The molecule has 0 aliphatic carbocycles. The normalized spacial score (nSPS) is 11.0. The molecule has 22 heavy (non-hydrogen) atoms. The molecule has 2 rings (SSSR count). The highest BCUT2D eigenvalue weighted by Gasteiger charge is 2.07. The van der Waals surface area contributed by atoms with Gasteiger partial charge in [0.1, 0.15) is 0 Å². The zero-order valence-electron chi connectivity index (χ0n) is 13.2. The van der Waals surface area contributed by atoms with E-state index in [1.807, 2.05) is 20.2 Å². The van der Waals surface area contributed by atoms with Crippen molar-refractivity contribution in [1.29, 1.82) is 0 Å². The average Bonchev–Trinajstić information content (AvgIpc) is 2.97. The predicted molar refractivity (Wildman–Crippen MR) is 105 cm³/mol. The third-order valence-electron chi connectivity index (χ3n) is 3.17. The number of benzene rings is 1. The van der Waals surface area contributed by atoms with Crippen molar-refractivity contribution in [1.82, 2.24) is 15.2 Å². The molecule has 0 aliphatic rings. The second-order valence-corrected chi connectivity index (χ2v) is 5.77. The number of aliphatic imine (C=N–C) groups is 1. The van der Waals surface area contributed by atoms with E-state index in [1.165, 1.54) is 10.6 Å². The van der Waals surface area contributed by atoms with Crippen LogP contribution in [-0.4, -0.2) is 29.9 Å². The maximum absolute atomic E-state index is 4.56. The highest BCUT2D eigenvalue weighted by molar-refractivity contribution is 14.0. The van der Waals surface area contributed by atoms with Crippen LogP contribution in [-0.2, 0) is 19.5 Å². The Morgan fingerprint density at radius 1 is 1.32 bits per heavy atom. The van der Waals surface area contributed by atoms with Crippen LogP contribution in [0.3, 0.4) is 0 Å². The van der Waals surface area contributed by atoms with Crippen LogP contribution in [0.2, 0.25) is 0 Å². The fourth-order valence-electron chi connectivity index (χ4n) is 2.08. The van der Waals surface area contributed by atoms with Crippen LogP contribution >= 0.6 is 35.3 Å². The largest absolute Gasteiger partial charge is 0.351 e. The summed E-state index contributed by atoms with van der Waals surface area (Å²) < 4.78 is 0. The lowest BCUT2D eigenvalue weighted by atomic mass is 10.2. The Kier molecular flexibility index (Phi) is 8.40. The van der Waals surface area contributed by atoms with E-state index < -0.39 is 0 Å². The van der Waals surface area contributed by atoms with E-state index in [0.717, 1.165) is 24.6 Å². The van der Waals surface area contributed by atoms with Crippen molar-refractivity contribution in [2.75, 3.05) is 14.1 Å². The number of nitrogens with one attached hydrogen (secondary N) is 1. The third-order valence-corrected chi connectivity index (χ3v) is 4.21. The molecule has 1 N–H and O–H groups in total. The summed E-state index contributed by atoms with van der Waals surface area (Å²) in [7, 11) is 3.85. The monoisotopic (exact) mass is 430 g/mol. The molecule has 1 heterocycles. The summed E-state index contributed by atoms with van der Waals surface area (Å²) in [6.45, 7) is 3.67. The van der Waals surface area contributed by atoms with Crippen LogP contribution in [0.15, 0.2) is 40.7 Å². The minimum absolute atomic E-state index is 0. The van der Waals surface area contributed by atoms with Gasteiger partial charge in [0.05, 0.1) is 17.2 Å². The third kappa shape index (κ3) is 5.57. The van der Waals surface area contributed by atoms with Crippen LogP contribution in [0.1, 0.15) is 23.2 Å². The minimum Gasteiger partial charge on any atom is -0.351 e. The van der Waals surface area contributed by atoms with Gasteiger partial charge in [0.15, 0.2) is 5.96 Å². The van der Waals surface area contributed by atoms with Crippen molar-refractivity contribution < 1.29 is 0 Å². The number of aromatic nitrogens is 1. The number of guanidine groups is 1. The Labute approximate surface area is 153 Å². The average molecular weight is 430 g/mol. The molecule has 0 aliphatic heterocycles. The van der Waals surface area contributed by atoms with Gasteiger partial charge in [0.25, 0.3) is 0 Å². The SMILES string of the molecule is CCc1nc(CNC(=NC)N(C)Cc2ccccc2)cs1.I. The first-order valence-corrected chi connectivity index (χ1v) is 8.00. The van der Waals surface area contributed by atoms with E-state index >= 15 is 0 Å². The van der Waals surface area contributed by atoms with Crippen LogP contribution in [0.25, 0.3) is 0 Å². The smallest absolute Gasteiger partial charge is 0.194 e. The van der Waals surface area contributed by atoms with Crippen molar-refractivity contribution in [3.63, 3.8) is 0 Å². The van der Waals surface area contributed by atoms with Gasteiger partial charge in [-0.1, -0.05) is 37.3 Å². The van der Waals surface area contributed by atoms with Gasteiger partial charge in [-0.25, -0.2) is 4.98 Å². The number of aryl methyl sites for hydroxylation is 1. The van der Waals surface area contributed by atoms with Crippen LogP contribution in [0.4, 0.5) is 0 Å². The molecule has 0 saturated carbocycles. The Bertz CT molecular complexity index is 583. The summed E-state index contributed by atoms with van der Waals surface area (Å²) in [6.07, 6.45) is 0.993. The molecule has 1 aromatic carbocycles. The molecule has 0 amide bonds. The number of thiazole rings is 1. The van der Waals surface area contributed by atoms with Crippen LogP contribution in [0, 0.1) is 0 Å². The van der Waals surface area contributed by atoms with E-state index in [2.05, 4.69) is 56.8 Å². The Hall–Kier alpha value is -1.15. The van der Waals surface area contributed by atoms with Gasteiger partial charge >= 0.3 is 0 Å². The zero-order valence-corrected chi connectivity index (χ0v) is 16.4. The van der Waals surface area contributed by atoms with Crippen molar-refractivity contribution in [2.45, 2.75) is 26.4 Å². The van der Waals surface area contributed by atoms with Gasteiger partial charge in [-0.2, -0.15) is 0 Å². The van der Waals surface area contributed by atoms with Crippen molar-refractivity contribution in [2.24, 2.45) is 4.99 Å². The molecule has 1 aromatic heterocycles. The Morgan fingerprint density at radius 3 is 2.64 bits per heavy atom. The van der Waals surface area contributed by atoms with Gasteiger partial charge in [0, 0.05) is 26.0 Å². The van der Waals surface area contributed by atoms with Gasteiger partial charge in [0.2, 0.25) is 0 Å². The first kappa shape index (κ1) is 18.9. The molecule has 120 valence electrons. The first-order chi connectivity index (χ1) is 10.2. The lowest BCUT2D eigenvalue weighted by Gasteiger charge is -2.21. The van der Waals surface area contributed by atoms with Gasteiger partial charge in [-0.15, -0.1) is 35.3 Å². The molecule has 0 saturated heterocycles. The lowest BCUT2D eigenvalue weighted by molar-refractivity contribution is 0.476. The zero-order chi connectivity index (χ0) is 15.1.